The summed E-state index contributed by atoms with van der Waals surface area (Å²) in [6.07, 6.45) is -0.570. The van der Waals surface area contributed by atoms with Gasteiger partial charge in [0, 0.05) is 18.0 Å². The quantitative estimate of drug-likeness (QED) is 0.817. The zero-order chi connectivity index (χ0) is 18.8. The topological polar surface area (TPSA) is 94.2 Å². The minimum atomic E-state index is -0.614. The Labute approximate surface area is 150 Å². The van der Waals surface area contributed by atoms with Crippen molar-refractivity contribution in [3.05, 3.63) is 10.3 Å². The Morgan fingerprint density at radius 1 is 1.44 bits per heavy atom. The van der Waals surface area contributed by atoms with Crippen LogP contribution >= 0.6 is 11.3 Å². The van der Waals surface area contributed by atoms with Gasteiger partial charge in [0.1, 0.15) is 16.2 Å². The van der Waals surface area contributed by atoms with Crippen LogP contribution in [0.4, 0.5) is 10.5 Å². The molecule has 9 heteroatoms. The second kappa shape index (κ2) is 7.30. The van der Waals surface area contributed by atoms with Gasteiger partial charge in [-0.3, -0.25) is 4.79 Å². The number of amides is 2. The number of hydrogen-bond donors (Lipinski definition) is 1. The standard InChI is InChI=1S/C16H22N2O6S/c1-9(17-15(21)24-16(2,3)4)6-18-11(19)7-23-10-8-25-13(12(10)18)14(20)22-5/h8-9H,6-7H2,1-5H3,(H,17,21). The molecule has 1 N–H and O–H groups in total. The van der Waals surface area contributed by atoms with Gasteiger partial charge in [0.15, 0.2) is 12.4 Å². The molecule has 0 aromatic carbocycles. The van der Waals surface area contributed by atoms with Gasteiger partial charge in [0.2, 0.25) is 0 Å². The molecule has 0 saturated carbocycles. The first-order chi connectivity index (χ1) is 11.6. The molecule has 1 aliphatic rings. The Morgan fingerprint density at radius 2 is 2.12 bits per heavy atom. The van der Waals surface area contributed by atoms with Gasteiger partial charge in [0.25, 0.3) is 5.91 Å². The van der Waals surface area contributed by atoms with Crippen molar-refractivity contribution in [2.24, 2.45) is 0 Å². The second-order valence-electron chi connectivity index (χ2n) is 6.61. The summed E-state index contributed by atoms with van der Waals surface area (Å²) in [5.74, 6) is -0.384. The summed E-state index contributed by atoms with van der Waals surface area (Å²) >= 11 is 1.15. The molecular weight excluding hydrogens is 348 g/mol. The molecule has 1 aromatic rings. The van der Waals surface area contributed by atoms with Crippen LogP contribution in [0.15, 0.2) is 5.38 Å². The van der Waals surface area contributed by atoms with E-state index < -0.39 is 23.7 Å². The first kappa shape index (κ1) is 19.0. The monoisotopic (exact) mass is 370 g/mol. The van der Waals surface area contributed by atoms with Crippen LogP contribution in [0.2, 0.25) is 0 Å². The SMILES string of the molecule is COC(=O)c1scc2c1N(CC(C)NC(=O)OC(C)(C)C)C(=O)CO2. The van der Waals surface area contributed by atoms with E-state index in [9.17, 15) is 14.4 Å². The number of ether oxygens (including phenoxy) is 3. The van der Waals surface area contributed by atoms with E-state index in [0.29, 0.717) is 11.4 Å². The molecule has 8 nitrogen and oxygen atoms in total. The zero-order valence-electron chi connectivity index (χ0n) is 14.9. The lowest BCUT2D eigenvalue weighted by Gasteiger charge is -2.30. The molecule has 1 aromatic heterocycles. The fraction of sp³-hybridized carbons (Fsp3) is 0.562. The molecule has 0 saturated heterocycles. The molecular formula is C16H22N2O6S. The molecule has 2 amide bonds. The summed E-state index contributed by atoms with van der Waals surface area (Å²) in [5.41, 5.74) is -0.233. The highest BCUT2D eigenvalue weighted by Crippen LogP contribution is 2.40. The number of carbonyl (C=O) groups is 3. The normalized spacial score (nSPS) is 15.1. The van der Waals surface area contributed by atoms with E-state index in [-0.39, 0.29) is 23.9 Å². The van der Waals surface area contributed by atoms with Crippen LogP contribution in [-0.2, 0) is 14.3 Å². The molecule has 0 spiro atoms. The van der Waals surface area contributed by atoms with Gasteiger partial charge in [-0.1, -0.05) is 0 Å². The lowest BCUT2D eigenvalue weighted by Crippen LogP contribution is -2.48. The largest absolute Gasteiger partial charge is 0.481 e. The zero-order valence-corrected chi connectivity index (χ0v) is 15.7. The number of nitrogens with one attached hydrogen (secondary N) is 1. The fourth-order valence-corrected chi connectivity index (χ4v) is 3.20. The highest BCUT2D eigenvalue weighted by atomic mass is 32.1. The summed E-state index contributed by atoms with van der Waals surface area (Å²) < 4.78 is 15.3. The average Bonchev–Trinajstić information content (AvgIpc) is 2.91. The molecule has 2 heterocycles. The first-order valence-corrected chi connectivity index (χ1v) is 8.63. The van der Waals surface area contributed by atoms with Crippen molar-refractivity contribution < 1.29 is 28.6 Å². The van der Waals surface area contributed by atoms with Crippen LogP contribution in [0.5, 0.6) is 5.75 Å². The Kier molecular flexibility index (Phi) is 5.56. The van der Waals surface area contributed by atoms with E-state index in [1.54, 1.807) is 33.1 Å². The van der Waals surface area contributed by atoms with Crippen molar-refractivity contribution in [1.29, 1.82) is 0 Å². The van der Waals surface area contributed by atoms with E-state index in [0.717, 1.165) is 11.3 Å². The van der Waals surface area contributed by atoms with Crippen LogP contribution in [0.3, 0.4) is 0 Å². The van der Waals surface area contributed by atoms with Crippen LogP contribution in [0.1, 0.15) is 37.4 Å². The van der Waals surface area contributed by atoms with Crippen LogP contribution in [0.25, 0.3) is 0 Å². The van der Waals surface area contributed by atoms with E-state index in [2.05, 4.69) is 5.32 Å². The van der Waals surface area contributed by atoms with E-state index in [1.807, 2.05) is 0 Å². The minimum Gasteiger partial charge on any atom is -0.481 e. The Bertz CT molecular complexity index is 679. The average molecular weight is 370 g/mol. The number of rotatable bonds is 4. The van der Waals surface area contributed by atoms with Gasteiger partial charge < -0.3 is 24.4 Å². The molecule has 0 fully saturated rings. The Hall–Kier alpha value is -2.29. The van der Waals surface area contributed by atoms with E-state index in [1.165, 1.54) is 12.0 Å². The third kappa shape index (κ3) is 4.62. The number of methoxy groups -OCH3 is 1. The number of fused-ring (bicyclic) bond motifs is 1. The molecule has 0 bridgehead atoms. The van der Waals surface area contributed by atoms with Gasteiger partial charge in [-0.2, -0.15) is 0 Å². The van der Waals surface area contributed by atoms with E-state index >= 15 is 0 Å². The molecule has 1 atom stereocenters. The van der Waals surface area contributed by atoms with Crippen molar-refractivity contribution in [2.75, 3.05) is 25.2 Å². The van der Waals surface area contributed by atoms with Crippen molar-refractivity contribution >= 4 is 35.0 Å². The number of thiophene rings is 1. The van der Waals surface area contributed by atoms with E-state index in [4.69, 9.17) is 14.2 Å². The summed E-state index contributed by atoms with van der Waals surface area (Å²) in [6.45, 7) is 7.10. The molecule has 1 aliphatic heterocycles. The van der Waals surface area contributed by atoms with Crippen LogP contribution in [0, 0.1) is 0 Å². The van der Waals surface area contributed by atoms with Crippen molar-refractivity contribution in [3.63, 3.8) is 0 Å². The number of nitrogens with zero attached hydrogens (tertiary/aromatic N) is 1. The fourth-order valence-electron chi connectivity index (χ4n) is 2.29. The van der Waals surface area contributed by atoms with Crippen LogP contribution in [-0.4, -0.2) is 49.9 Å². The van der Waals surface area contributed by atoms with Gasteiger partial charge in [-0.15, -0.1) is 11.3 Å². The molecule has 0 aliphatic carbocycles. The van der Waals surface area contributed by atoms with Crippen LogP contribution < -0.4 is 15.0 Å². The summed E-state index contributed by atoms with van der Waals surface area (Å²) in [4.78, 5) is 37.8. The summed E-state index contributed by atoms with van der Waals surface area (Å²) in [7, 11) is 1.27. The lowest BCUT2D eigenvalue weighted by molar-refractivity contribution is -0.121. The molecule has 2 rings (SSSR count). The highest BCUT2D eigenvalue weighted by molar-refractivity contribution is 7.13. The number of anilines is 1. The highest BCUT2D eigenvalue weighted by Gasteiger charge is 2.33. The number of esters is 1. The smallest absolute Gasteiger partial charge is 0.407 e. The molecule has 138 valence electrons. The molecule has 25 heavy (non-hydrogen) atoms. The Morgan fingerprint density at radius 3 is 2.72 bits per heavy atom. The predicted octanol–water partition coefficient (Wildman–Crippen LogP) is 2.17. The van der Waals surface area contributed by atoms with Crippen molar-refractivity contribution in [2.45, 2.75) is 39.3 Å². The second-order valence-corrected chi connectivity index (χ2v) is 7.49. The maximum Gasteiger partial charge on any atom is 0.407 e. The molecule has 1 unspecified atom stereocenters. The van der Waals surface area contributed by atoms with Gasteiger partial charge in [0.05, 0.1) is 7.11 Å². The summed E-state index contributed by atoms with van der Waals surface area (Å²) in [5, 5.41) is 4.34. The van der Waals surface area contributed by atoms with Gasteiger partial charge >= 0.3 is 12.1 Å². The van der Waals surface area contributed by atoms with Gasteiger partial charge in [-0.25, -0.2) is 9.59 Å². The van der Waals surface area contributed by atoms with Crippen molar-refractivity contribution in [3.8, 4) is 5.75 Å². The maximum absolute atomic E-state index is 12.3. The lowest BCUT2D eigenvalue weighted by atomic mass is 10.2. The number of alkyl carbamates (subject to hydrolysis) is 1. The third-order valence-electron chi connectivity index (χ3n) is 3.24. The summed E-state index contributed by atoms with van der Waals surface area (Å²) in [6, 6.07) is -0.393. The maximum atomic E-state index is 12.3. The predicted molar refractivity (Wildman–Crippen MR) is 92.3 cm³/mol. The van der Waals surface area contributed by atoms with Gasteiger partial charge in [-0.05, 0) is 27.7 Å². The van der Waals surface area contributed by atoms with Crippen molar-refractivity contribution in [1.82, 2.24) is 5.32 Å². The molecule has 0 radical (unpaired) electrons. The number of carbonyl (C=O) groups excluding carboxylic acids is 3. The minimum absolute atomic E-state index is 0.122. The third-order valence-corrected chi connectivity index (χ3v) is 4.17. The Balaban J connectivity index is 2.14. The number of hydrogen-bond acceptors (Lipinski definition) is 7. The first-order valence-electron chi connectivity index (χ1n) is 7.75.